The smallest absolute Gasteiger partial charge is 0.319 e. The molecule has 0 bridgehead atoms. The van der Waals surface area contributed by atoms with Crippen LogP contribution in [0.1, 0.15) is 44.1 Å². The lowest BCUT2D eigenvalue weighted by Crippen LogP contribution is -2.38. The van der Waals surface area contributed by atoms with Crippen molar-refractivity contribution in [3.63, 3.8) is 0 Å². The minimum absolute atomic E-state index is 0.0312. The van der Waals surface area contributed by atoms with Crippen molar-refractivity contribution in [1.82, 2.24) is 25.7 Å². The maximum atomic E-state index is 16.6. The number of aromatic nitrogens is 3. The second-order valence-electron chi connectivity index (χ2n) is 11.1. The summed E-state index contributed by atoms with van der Waals surface area (Å²) in [4.78, 5) is 13.6. The van der Waals surface area contributed by atoms with Gasteiger partial charge in [-0.25, -0.2) is 18.6 Å². The topological polar surface area (TPSA) is 95.4 Å². The third-order valence-electron chi connectivity index (χ3n) is 8.08. The van der Waals surface area contributed by atoms with Gasteiger partial charge in [0.25, 0.3) is 0 Å². The van der Waals surface area contributed by atoms with Crippen LogP contribution in [0.2, 0.25) is 0 Å². The molecular formula is C32H33F3N6O2. The number of halogens is 3. The van der Waals surface area contributed by atoms with E-state index >= 15 is 4.39 Å². The van der Waals surface area contributed by atoms with Crippen LogP contribution in [0.15, 0.2) is 30.5 Å². The SMILES string of the molecule is C#Cc1c(F)ccc2cc(O)cc(-c3ncc4c(N5CCCCCN5)nc(OC[C@@H]5CCCNC[C@H](F)C5)nc4c3F)c12. The van der Waals surface area contributed by atoms with Crippen molar-refractivity contribution in [3.05, 3.63) is 47.7 Å². The number of alkyl halides is 1. The summed E-state index contributed by atoms with van der Waals surface area (Å²) >= 11 is 0. The third-order valence-corrected chi connectivity index (χ3v) is 8.08. The van der Waals surface area contributed by atoms with E-state index in [1.54, 1.807) is 0 Å². The number of rotatable bonds is 5. The lowest BCUT2D eigenvalue weighted by Gasteiger charge is -2.25. The molecule has 4 heterocycles. The molecule has 0 amide bonds. The Morgan fingerprint density at radius 2 is 2.00 bits per heavy atom. The zero-order valence-corrected chi connectivity index (χ0v) is 23.7. The molecule has 4 aromatic rings. The van der Waals surface area contributed by atoms with Crippen molar-refractivity contribution in [1.29, 1.82) is 0 Å². The van der Waals surface area contributed by atoms with E-state index in [4.69, 9.17) is 11.2 Å². The Labute approximate surface area is 247 Å². The summed E-state index contributed by atoms with van der Waals surface area (Å²) in [5.74, 6) is 1.15. The zero-order chi connectivity index (χ0) is 29.9. The maximum Gasteiger partial charge on any atom is 0.319 e. The minimum Gasteiger partial charge on any atom is -0.508 e. The maximum absolute atomic E-state index is 16.6. The first-order valence-electron chi connectivity index (χ1n) is 14.7. The quantitative estimate of drug-likeness (QED) is 0.266. The van der Waals surface area contributed by atoms with Crippen molar-refractivity contribution in [2.75, 3.05) is 37.8 Å². The van der Waals surface area contributed by atoms with Crippen LogP contribution in [0.25, 0.3) is 32.9 Å². The summed E-state index contributed by atoms with van der Waals surface area (Å²) in [6.07, 6.45) is 11.1. The van der Waals surface area contributed by atoms with Gasteiger partial charge in [-0.1, -0.05) is 18.4 Å². The van der Waals surface area contributed by atoms with Crippen LogP contribution < -0.4 is 20.5 Å². The van der Waals surface area contributed by atoms with Gasteiger partial charge >= 0.3 is 6.01 Å². The van der Waals surface area contributed by atoms with E-state index in [0.29, 0.717) is 36.1 Å². The minimum atomic E-state index is -0.982. The molecule has 11 heteroatoms. The second-order valence-corrected chi connectivity index (χ2v) is 11.1. The molecule has 3 N–H and O–H groups in total. The van der Waals surface area contributed by atoms with Gasteiger partial charge < -0.3 is 15.2 Å². The molecule has 2 atom stereocenters. The van der Waals surface area contributed by atoms with Gasteiger partial charge in [-0.05, 0) is 68.2 Å². The average molecular weight is 591 g/mol. The summed E-state index contributed by atoms with van der Waals surface area (Å²) in [6.45, 7) is 2.60. The molecule has 43 heavy (non-hydrogen) atoms. The van der Waals surface area contributed by atoms with Crippen LogP contribution in [0.4, 0.5) is 19.0 Å². The fraction of sp³-hybridized carbons (Fsp3) is 0.406. The molecule has 2 saturated heterocycles. The Morgan fingerprint density at radius 3 is 2.86 bits per heavy atom. The summed E-state index contributed by atoms with van der Waals surface area (Å²) in [6, 6.07) is 5.39. The number of ether oxygens (including phenoxy) is 1. The number of phenolic OH excluding ortho intramolecular Hbond substituents is 1. The number of pyridine rings is 1. The largest absolute Gasteiger partial charge is 0.508 e. The highest BCUT2D eigenvalue weighted by molar-refractivity contribution is 6.03. The normalized spacial score (nSPS) is 19.9. The summed E-state index contributed by atoms with van der Waals surface area (Å²) in [5.41, 5.74) is 3.23. The van der Waals surface area contributed by atoms with Crippen molar-refractivity contribution < 1.29 is 23.0 Å². The predicted octanol–water partition coefficient (Wildman–Crippen LogP) is 5.41. The Bertz CT molecular complexity index is 1690. The number of benzene rings is 2. The molecule has 2 aromatic heterocycles. The van der Waals surface area contributed by atoms with Gasteiger partial charge in [0.15, 0.2) is 11.6 Å². The third kappa shape index (κ3) is 6.03. The Balaban J connectivity index is 1.47. The number of aromatic hydroxyl groups is 1. The standard InChI is InChI=1S/C32H33F3N6O2/c1-2-23-26(34)9-8-20-14-22(42)15-24(27(20)23)29-28(35)30-25(17-37-29)31(41-12-5-3-4-11-38-41)40-32(39-30)43-18-19-7-6-10-36-16-21(33)13-19/h1,8-9,14-15,17,19,21,36,38,42H,3-7,10-13,16,18H2/t19-,21-/m1/s1. The first-order chi connectivity index (χ1) is 20.9. The van der Waals surface area contributed by atoms with Crippen LogP contribution in [-0.2, 0) is 0 Å². The number of anilines is 1. The number of hydrazine groups is 1. The zero-order valence-electron chi connectivity index (χ0n) is 23.7. The van der Waals surface area contributed by atoms with Crippen LogP contribution >= 0.6 is 0 Å². The molecule has 8 nitrogen and oxygen atoms in total. The number of fused-ring (bicyclic) bond motifs is 2. The van der Waals surface area contributed by atoms with Crippen molar-refractivity contribution in [2.45, 2.75) is 44.7 Å². The lowest BCUT2D eigenvalue weighted by molar-refractivity contribution is 0.166. The number of nitrogens with zero attached hydrogens (tertiary/aromatic N) is 4. The molecule has 0 spiro atoms. The number of nitrogens with one attached hydrogen (secondary N) is 2. The van der Waals surface area contributed by atoms with Gasteiger partial charge in [0.1, 0.15) is 28.9 Å². The second kappa shape index (κ2) is 12.6. The van der Waals surface area contributed by atoms with E-state index in [2.05, 4.69) is 31.6 Å². The van der Waals surface area contributed by atoms with Gasteiger partial charge in [-0.3, -0.25) is 9.99 Å². The molecule has 224 valence electrons. The molecule has 0 saturated carbocycles. The van der Waals surface area contributed by atoms with E-state index in [1.807, 2.05) is 5.01 Å². The van der Waals surface area contributed by atoms with Crippen molar-refractivity contribution >= 4 is 27.5 Å². The van der Waals surface area contributed by atoms with E-state index in [9.17, 15) is 13.9 Å². The summed E-state index contributed by atoms with van der Waals surface area (Å²) in [7, 11) is 0. The van der Waals surface area contributed by atoms with Crippen LogP contribution in [0.3, 0.4) is 0 Å². The van der Waals surface area contributed by atoms with Crippen LogP contribution in [-0.4, -0.2) is 59.0 Å². The Hall–Kier alpha value is -4.14. The Kier molecular flexibility index (Phi) is 8.49. The molecule has 6 rings (SSSR count). The van der Waals surface area contributed by atoms with Gasteiger partial charge in [0, 0.05) is 36.8 Å². The summed E-state index contributed by atoms with van der Waals surface area (Å²) in [5, 5.41) is 16.5. The lowest BCUT2D eigenvalue weighted by atomic mass is 9.96. The van der Waals surface area contributed by atoms with Crippen molar-refractivity contribution in [3.8, 4) is 35.4 Å². The fourth-order valence-corrected chi connectivity index (χ4v) is 5.96. The first kappa shape index (κ1) is 29.0. The molecule has 0 aliphatic carbocycles. The highest BCUT2D eigenvalue weighted by Crippen LogP contribution is 2.38. The fourth-order valence-electron chi connectivity index (χ4n) is 5.96. The van der Waals surface area contributed by atoms with Gasteiger partial charge in [-0.15, -0.1) is 6.42 Å². The molecule has 2 aliphatic heterocycles. The monoisotopic (exact) mass is 590 g/mol. The van der Waals surface area contributed by atoms with E-state index in [0.717, 1.165) is 45.2 Å². The van der Waals surface area contributed by atoms with E-state index < -0.39 is 17.8 Å². The highest BCUT2D eigenvalue weighted by atomic mass is 19.1. The van der Waals surface area contributed by atoms with Crippen LogP contribution in [0, 0.1) is 29.9 Å². The predicted molar refractivity (Wildman–Crippen MR) is 160 cm³/mol. The molecule has 2 aromatic carbocycles. The highest BCUT2D eigenvalue weighted by Gasteiger charge is 2.25. The molecular weight excluding hydrogens is 557 g/mol. The summed E-state index contributed by atoms with van der Waals surface area (Å²) < 4.78 is 51.7. The average Bonchev–Trinajstić information content (AvgIpc) is 3.28. The number of hydrogen-bond acceptors (Lipinski definition) is 8. The number of hydrogen-bond donors (Lipinski definition) is 3. The van der Waals surface area contributed by atoms with E-state index in [-0.39, 0.29) is 52.0 Å². The van der Waals surface area contributed by atoms with E-state index in [1.165, 1.54) is 30.5 Å². The van der Waals surface area contributed by atoms with Gasteiger partial charge in [-0.2, -0.15) is 9.97 Å². The van der Waals surface area contributed by atoms with Gasteiger partial charge in [0.2, 0.25) is 0 Å². The number of phenols is 1. The molecule has 2 aliphatic rings. The van der Waals surface area contributed by atoms with Crippen LogP contribution in [0.5, 0.6) is 11.8 Å². The molecule has 2 fully saturated rings. The van der Waals surface area contributed by atoms with Crippen molar-refractivity contribution in [2.24, 2.45) is 5.92 Å². The Morgan fingerprint density at radius 1 is 1.12 bits per heavy atom. The molecule has 0 unspecified atom stereocenters. The molecule has 0 radical (unpaired) electrons. The first-order valence-corrected chi connectivity index (χ1v) is 14.7. The van der Waals surface area contributed by atoms with Gasteiger partial charge in [0.05, 0.1) is 17.6 Å². The number of terminal acetylenes is 1.